The molecular formula is C21H20FN3O4. The molecule has 0 aliphatic carbocycles. The highest BCUT2D eigenvalue weighted by atomic mass is 19.1. The first-order valence-corrected chi connectivity index (χ1v) is 9.38. The quantitative estimate of drug-likeness (QED) is 0.630. The van der Waals surface area contributed by atoms with E-state index >= 15 is 0 Å². The van der Waals surface area contributed by atoms with Gasteiger partial charge in [-0.05, 0) is 50.1 Å². The number of nitrogens with zero attached hydrogens (tertiary/aromatic N) is 3. The number of halogens is 1. The van der Waals surface area contributed by atoms with Gasteiger partial charge in [-0.1, -0.05) is 5.16 Å². The average Bonchev–Trinajstić information content (AvgIpc) is 3.13. The minimum atomic E-state index is -0.352. The third kappa shape index (κ3) is 3.57. The molecule has 0 atom stereocenters. The number of amides is 1. The Morgan fingerprint density at radius 1 is 1.21 bits per heavy atom. The van der Waals surface area contributed by atoms with Crippen LogP contribution in [-0.4, -0.2) is 47.1 Å². The van der Waals surface area contributed by atoms with Gasteiger partial charge in [-0.15, -0.1) is 0 Å². The highest BCUT2D eigenvalue weighted by Crippen LogP contribution is 2.29. The number of rotatable bonds is 3. The van der Waals surface area contributed by atoms with Gasteiger partial charge >= 0.3 is 5.97 Å². The second-order valence-corrected chi connectivity index (χ2v) is 7.10. The van der Waals surface area contributed by atoms with E-state index in [1.54, 1.807) is 30.0 Å². The molecule has 4 rings (SSSR count). The fourth-order valence-electron chi connectivity index (χ4n) is 3.69. The standard InChI is InChI=1S/C21H20FN3O4/c1-12-18-16(20(26)25-9-7-14(8-10-25)21(27)28-2)11-17(23-19(18)29-24-12)13-3-5-15(22)6-4-13/h3-6,11,14H,7-10H2,1-2H3. The number of pyridine rings is 1. The number of hydrogen-bond donors (Lipinski definition) is 0. The third-order valence-electron chi connectivity index (χ3n) is 5.30. The Balaban J connectivity index is 1.69. The molecule has 150 valence electrons. The number of carbonyl (C=O) groups excluding carboxylic acids is 2. The monoisotopic (exact) mass is 397 g/mol. The fraction of sp³-hybridized carbons (Fsp3) is 0.333. The summed E-state index contributed by atoms with van der Waals surface area (Å²) in [5, 5.41) is 4.52. The Hall–Kier alpha value is -3.29. The van der Waals surface area contributed by atoms with Crippen LogP contribution in [0.3, 0.4) is 0 Å². The molecule has 7 nitrogen and oxygen atoms in total. The zero-order chi connectivity index (χ0) is 20.5. The maximum Gasteiger partial charge on any atom is 0.308 e. The van der Waals surface area contributed by atoms with Crippen LogP contribution in [0.2, 0.25) is 0 Å². The summed E-state index contributed by atoms with van der Waals surface area (Å²) in [6.45, 7) is 2.67. The van der Waals surface area contributed by atoms with Crippen molar-refractivity contribution in [2.75, 3.05) is 20.2 Å². The van der Waals surface area contributed by atoms with Gasteiger partial charge in [0, 0.05) is 18.7 Å². The Morgan fingerprint density at radius 2 is 1.90 bits per heavy atom. The van der Waals surface area contributed by atoms with Crippen LogP contribution in [0.15, 0.2) is 34.9 Å². The van der Waals surface area contributed by atoms with Crippen LogP contribution in [0.5, 0.6) is 0 Å². The van der Waals surface area contributed by atoms with Crippen LogP contribution < -0.4 is 0 Å². The van der Waals surface area contributed by atoms with Crippen LogP contribution in [0, 0.1) is 18.7 Å². The number of carbonyl (C=O) groups is 2. The lowest BCUT2D eigenvalue weighted by Crippen LogP contribution is -2.40. The minimum absolute atomic E-state index is 0.171. The summed E-state index contributed by atoms with van der Waals surface area (Å²) in [6.07, 6.45) is 1.11. The van der Waals surface area contributed by atoms with Gasteiger partial charge in [0.1, 0.15) is 5.82 Å². The van der Waals surface area contributed by atoms with Crippen LogP contribution in [0.25, 0.3) is 22.4 Å². The number of piperidine rings is 1. The van der Waals surface area contributed by atoms with Crippen molar-refractivity contribution in [1.82, 2.24) is 15.0 Å². The second-order valence-electron chi connectivity index (χ2n) is 7.10. The molecule has 1 saturated heterocycles. The van der Waals surface area contributed by atoms with Gasteiger partial charge in [0.25, 0.3) is 11.6 Å². The Labute approximate surface area is 166 Å². The van der Waals surface area contributed by atoms with E-state index in [4.69, 9.17) is 9.26 Å². The molecule has 3 aromatic rings. The number of fused-ring (bicyclic) bond motifs is 1. The lowest BCUT2D eigenvalue weighted by atomic mass is 9.96. The van der Waals surface area contributed by atoms with E-state index in [2.05, 4.69) is 10.1 Å². The largest absolute Gasteiger partial charge is 0.469 e. The van der Waals surface area contributed by atoms with Crippen molar-refractivity contribution < 1.29 is 23.2 Å². The smallest absolute Gasteiger partial charge is 0.308 e. The maximum atomic E-state index is 13.3. The zero-order valence-electron chi connectivity index (χ0n) is 16.1. The topological polar surface area (TPSA) is 85.5 Å². The molecule has 1 fully saturated rings. The molecule has 29 heavy (non-hydrogen) atoms. The number of aryl methyl sites for hydroxylation is 1. The van der Waals surface area contributed by atoms with E-state index in [-0.39, 0.29) is 29.3 Å². The maximum absolute atomic E-state index is 13.3. The van der Waals surface area contributed by atoms with Crippen molar-refractivity contribution in [3.05, 3.63) is 47.4 Å². The molecule has 0 bridgehead atoms. The Kier molecular flexibility index (Phi) is 5.00. The molecule has 2 aromatic heterocycles. The number of benzene rings is 1. The van der Waals surface area contributed by atoms with Gasteiger partial charge in [-0.25, -0.2) is 9.37 Å². The molecule has 1 aliphatic rings. The summed E-state index contributed by atoms with van der Waals surface area (Å²) >= 11 is 0. The lowest BCUT2D eigenvalue weighted by molar-refractivity contribution is -0.146. The molecular weight excluding hydrogens is 377 g/mol. The first-order valence-electron chi connectivity index (χ1n) is 9.38. The van der Waals surface area contributed by atoms with Crippen LogP contribution >= 0.6 is 0 Å². The number of aromatic nitrogens is 2. The second kappa shape index (κ2) is 7.62. The Bertz CT molecular complexity index is 1070. The van der Waals surface area contributed by atoms with Crippen LogP contribution in [0.4, 0.5) is 4.39 Å². The van der Waals surface area contributed by atoms with E-state index in [0.717, 1.165) is 0 Å². The molecule has 3 heterocycles. The highest BCUT2D eigenvalue weighted by molar-refractivity contribution is 6.07. The fourth-order valence-corrected chi connectivity index (χ4v) is 3.69. The van der Waals surface area contributed by atoms with Crippen molar-refractivity contribution in [2.45, 2.75) is 19.8 Å². The number of likely N-dealkylation sites (tertiary alicyclic amines) is 1. The van der Waals surface area contributed by atoms with Gasteiger partial charge in [0.15, 0.2) is 0 Å². The van der Waals surface area contributed by atoms with Crippen LogP contribution in [-0.2, 0) is 9.53 Å². The minimum Gasteiger partial charge on any atom is -0.469 e. The van der Waals surface area contributed by atoms with Crippen molar-refractivity contribution >= 4 is 23.0 Å². The molecule has 8 heteroatoms. The first kappa shape index (κ1) is 19.0. The number of esters is 1. The van der Waals surface area contributed by atoms with Crippen molar-refractivity contribution in [2.24, 2.45) is 5.92 Å². The molecule has 0 N–H and O–H groups in total. The molecule has 0 unspecified atom stereocenters. The van der Waals surface area contributed by atoms with Crippen molar-refractivity contribution in [3.63, 3.8) is 0 Å². The summed E-state index contributed by atoms with van der Waals surface area (Å²) in [4.78, 5) is 31.2. The molecule has 0 radical (unpaired) electrons. The number of hydrogen-bond acceptors (Lipinski definition) is 6. The van der Waals surface area contributed by atoms with E-state index < -0.39 is 0 Å². The van der Waals surface area contributed by atoms with Crippen LogP contribution in [0.1, 0.15) is 28.9 Å². The summed E-state index contributed by atoms with van der Waals surface area (Å²) in [5.41, 5.74) is 2.44. The third-order valence-corrected chi connectivity index (χ3v) is 5.30. The number of methoxy groups -OCH3 is 1. The highest BCUT2D eigenvalue weighted by Gasteiger charge is 2.30. The van der Waals surface area contributed by atoms with Gasteiger partial charge in [0.05, 0.1) is 35.4 Å². The summed E-state index contributed by atoms with van der Waals surface area (Å²) in [5.74, 6) is -0.948. The summed E-state index contributed by atoms with van der Waals surface area (Å²) in [6, 6.07) is 7.57. The van der Waals surface area contributed by atoms with Gasteiger partial charge in [-0.2, -0.15) is 0 Å². The summed E-state index contributed by atoms with van der Waals surface area (Å²) < 4.78 is 23.4. The number of ether oxygens (including phenoxy) is 1. The van der Waals surface area contributed by atoms with E-state index in [1.165, 1.54) is 19.2 Å². The zero-order valence-corrected chi connectivity index (χ0v) is 16.1. The first-order chi connectivity index (χ1) is 14.0. The van der Waals surface area contributed by atoms with Gasteiger partial charge in [0.2, 0.25) is 0 Å². The normalized spacial score (nSPS) is 14.9. The lowest BCUT2D eigenvalue weighted by Gasteiger charge is -2.31. The van der Waals surface area contributed by atoms with Crippen molar-refractivity contribution in [1.29, 1.82) is 0 Å². The van der Waals surface area contributed by atoms with Gasteiger partial charge in [-0.3, -0.25) is 9.59 Å². The SMILES string of the molecule is COC(=O)C1CCN(C(=O)c2cc(-c3ccc(F)cc3)nc3onc(C)c23)CC1. The average molecular weight is 397 g/mol. The predicted octanol–water partition coefficient (Wildman–Crippen LogP) is 3.36. The molecule has 0 saturated carbocycles. The van der Waals surface area contributed by atoms with Gasteiger partial charge < -0.3 is 14.2 Å². The van der Waals surface area contributed by atoms with E-state index in [1.807, 2.05) is 0 Å². The molecule has 1 aliphatic heterocycles. The van der Waals surface area contributed by atoms with Crippen molar-refractivity contribution in [3.8, 4) is 11.3 Å². The summed E-state index contributed by atoms with van der Waals surface area (Å²) in [7, 11) is 1.37. The molecule has 1 aromatic carbocycles. The molecule has 1 amide bonds. The molecule has 0 spiro atoms. The van der Waals surface area contributed by atoms with E-state index in [9.17, 15) is 14.0 Å². The van der Waals surface area contributed by atoms with E-state index in [0.29, 0.717) is 53.8 Å². The Morgan fingerprint density at radius 3 is 2.55 bits per heavy atom. The predicted molar refractivity (Wildman–Crippen MR) is 103 cm³/mol.